The minimum atomic E-state index is 0.833. The molecule has 1 nitrogen and oxygen atoms in total. The van der Waals surface area contributed by atoms with Crippen LogP contribution in [-0.2, 0) is 4.43 Å². The molecule has 1 aliphatic carbocycles. The first-order valence-corrected chi connectivity index (χ1v) is 5.06. The van der Waals surface area contributed by atoms with Crippen LogP contribution in [0.1, 0.15) is 32.1 Å². The summed E-state index contributed by atoms with van der Waals surface area (Å²) in [5.41, 5.74) is 1.49. The molecule has 0 aliphatic heterocycles. The zero-order valence-corrected chi connectivity index (χ0v) is 9.23. The summed E-state index contributed by atoms with van der Waals surface area (Å²) in [6.07, 6.45) is 8.02. The summed E-state index contributed by atoms with van der Waals surface area (Å²) in [7, 11) is 0.833. The summed E-state index contributed by atoms with van der Waals surface area (Å²) < 4.78 is 5.43. The van der Waals surface area contributed by atoms with Crippen LogP contribution in [0.15, 0.2) is 24.0 Å². The van der Waals surface area contributed by atoms with Crippen molar-refractivity contribution in [2.75, 3.05) is 0 Å². The second-order valence-corrected chi connectivity index (χ2v) is 3.34. The molecule has 0 aromatic carbocycles. The van der Waals surface area contributed by atoms with Crippen LogP contribution in [0.3, 0.4) is 0 Å². The van der Waals surface area contributed by atoms with Gasteiger partial charge in [-0.2, -0.15) is 0 Å². The van der Waals surface area contributed by atoms with Crippen molar-refractivity contribution in [1.82, 2.24) is 0 Å². The van der Waals surface area contributed by atoms with E-state index in [2.05, 4.69) is 6.58 Å². The molecule has 0 aromatic heterocycles. The van der Waals surface area contributed by atoms with E-state index in [0.29, 0.717) is 0 Å². The van der Waals surface area contributed by atoms with Crippen molar-refractivity contribution in [3.63, 3.8) is 0 Å². The maximum absolute atomic E-state index is 5.43. The van der Waals surface area contributed by atoms with Gasteiger partial charge in [0.2, 0.25) is 10.5 Å². The Labute approximate surface area is 71.7 Å². The molecule has 1 rings (SSSR count). The van der Waals surface area contributed by atoms with E-state index >= 15 is 0 Å². The summed E-state index contributed by atoms with van der Waals surface area (Å²) in [4.78, 5) is 0. The Morgan fingerprint density at radius 1 is 1.45 bits per heavy atom. The molecule has 0 saturated heterocycles. The van der Waals surface area contributed by atoms with Gasteiger partial charge in [-0.25, -0.2) is 0 Å². The first kappa shape index (κ1) is 8.59. The zero-order chi connectivity index (χ0) is 8.10. The third-order valence-corrected chi connectivity index (χ3v) is 2.66. The third kappa shape index (κ3) is 2.22. The lowest BCUT2D eigenvalue weighted by molar-refractivity contribution is 0.404. The first-order chi connectivity index (χ1) is 5.38. The van der Waals surface area contributed by atoms with E-state index in [4.69, 9.17) is 4.43 Å². The summed E-state index contributed by atoms with van der Waals surface area (Å²) in [5.74, 6) is 1.27. The number of hydrogen-bond donors (Lipinski definition) is 0. The monoisotopic (exact) mass is 168 g/mol. The van der Waals surface area contributed by atoms with Crippen molar-refractivity contribution in [2.45, 2.75) is 32.1 Å². The quantitative estimate of drug-likeness (QED) is 0.460. The van der Waals surface area contributed by atoms with E-state index in [0.717, 1.165) is 23.3 Å². The van der Waals surface area contributed by atoms with Crippen LogP contribution >= 0.6 is 0 Å². The molecular formula is C9H16OSi. The van der Waals surface area contributed by atoms with Gasteiger partial charge in [-0.1, -0.05) is 6.08 Å². The van der Waals surface area contributed by atoms with Crippen molar-refractivity contribution in [1.29, 1.82) is 0 Å². The fourth-order valence-corrected chi connectivity index (χ4v) is 2.07. The average Bonchev–Trinajstić information content (AvgIpc) is 2.06. The maximum atomic E-state index is 5.43. The van der Waals surface area contributed by atoms with Gasteiger partial charge < -0.3 is 4.43 Å². The Kier molecular flexibility index (Phi) is 3.43. The van der Waals surface area contributed by atoms with Gasteiger partial charge in [-0.3, -0.25) is 0 Å². The second-order valence-electron chi connectivity index (χ2n) is 2.93. The molecule has 0 unspecified atom stereocenters. The Morgan fingerprint density at radius 2 is 2.18 bits per heavy atom. The van der Waals surface area contributed by atoms with E-state index < -0.39 is 0 Å². The summed E-state index contributed by atoms with van der Waals surface area (Å²) in [6.45, 7) is 3.75. The third-order valence-electron chi connectivity index (χ3n) is 2.16. The standard InChI is InChI=1S/C9H16OSi/c1-2-5-8-6-3-4-7-9(8)10-11/h2H,1,3-7H2,11H3. The summed E-state index contributed by atoms with van der Waals surface area (Å²) in [6, 6.07) is 0. The molecular weight excluding hydrogens is 152 g/mol. The van der Waals surface area contributed by atoms with Crippen LogP contribution < -0.4 is 0 Å². The SMILES string of the molecule is C=CCC1=C(O[SiH3])CCCC1. The Morgan fingerprint density at radius 3 is 2.82 bits per heavy atom. The van der Waals surface area contributed by atoms with Gasteiger partial charge >= 0.3 is 0 Å². The molecule has 0 fully saturated rings. The molecule has 0 heterocycles. The number of allylic oxidation sites excluding steroid dienone is 3. The van der Waals surface area contributed by atoms with E-state index in [1.165, 1.54) is 30.6 Å². The smallest absolute Gasteiger partial charge is 0.203 e. The van der Waals surface area contributed by atoms with Crippen molar-refractivity contribution >= 4 is 10.5 Å². The largest absolute Gasteiger partial charge is 0.556 e. The fourth-order valence-electron chi connectivity index (χ4n) is 1.58. The predicted octanol–water partition coefficient (Wildman–Crippen LogP) is 1.69. The minimum absolute atomic E-state index is 0.833. The Bertz CT molecular complexity index is 172. The van der Waals surface area contributed by atoms with Gasteiger partial charge in [0.05, 0.1) is 5.76 Å². The van der Waals surface area contributed by atoms with Gasteiger partial charge in [-0.15, -0.1) is 6.58 Å². The maximum Gasteiger partial charge on any atom is 0.203 e. The van der Waals surface area contributed by atoms with Gasteiger partial charge in [0.25, 0.3) is 0 Å². The van der Waals surface area contributed by atoms with E-state index in [1.807, 2.05) is 6.08 Å². The zero-order valence-electron chi connectivity index (χ0n) is 7.23. The molecule has 0 saturated carbocycles. The molecule has 0 spiro atoms. The molecule has 0 atom stereocenters. The van der Waals surface area contributed by atoms with Gasteiger partial charge in [0.1, 0.15) is 0 Å². The normalized spacial score (nSPS) is 18.5. The molecule has 0 amide bonds. The fraction of sp³-hybridized carbons (Fsp3) is 0.556. The molecule has 0 aromatic rings. The van der Waals surface area contributed by atoms with E-state index in [-0.39, 0.29) is 0 Å². The highest BCUT2D eigenvalue weighted by Crippen LogP contribution is 2.26. The lowest BCUT2D eigenvalue weighted by Crippen LogP contribution is -2.01. The lowest BCUT2D eigenvalue weighted by Gasteiger charge is -2.18. The topological polar surface area (TPSA) is 9.23 Å². The van der Waals surface area contributed by atoms with Crippen molar-refractivity contribution in [3.8, 4) is 0 Å². The molecule has 1 aliphatic rings. The van der Waals surface area contributed by atoms with E-state index in [1.54, 1.807) is 0 Å². The van der Waals surface area contributed by atoms with Crippen LogP contribution in [0.25, 0.3) is 0 Å². The highest BCUT2D eigenvalue weighted by molar-refractivity contribution is 5.98. The second kappa shape index (κ2) is 4.39. The van der Waals surface area contributed by atoms with Crippen LogP contribution in [-0.4, -0.2) is 10.5 Å². The van der Waals surface area contributed by atoms with Crippen LogP contribution in [0, 0.1) is 0 Å². The molecule has 0 radical (unpaired) electrons. The lowest BCUT2D eigenvalue weighted by atomic mass is 9.95. The van der Waals surface area contributed by atoms with Gasteiger partial charge in [0, 0.05) is 6.42 Å². The molecule has 62 valence electrons. The average molecular weight is 168 g/mol. The number of rotatable bonds is 3. The molecule has 0 bridgehead atoms. The van der Waals surface area contributed by atoms with Crippen LogP contribution in [0.4, 0.5) is 0 Å². The Hall–Kier alpha value is -0.503. The van der Waals surface area contributed by atoms with Crippen LogP contribution in [0.2, 0.25) is 0 Å². The highest BCUT2D eigenvalue weighted by Gasteiger charge is 2.10. The molecule has 0 N–H and O–H groups in total. The highest BCUT2D eigenvalue weighted by atomic mass is 28.2. The predicted molar refractivity (Wildman–Crippen MR) is 51.3 cm³/mol. The van der Waals surface area contributed by atoms with Crippen molar-refractivity contribution in [3.05, 3.63) is 24.0 Å². The van der Waals surface area contributed by atoms with E-state index in [9.17, 15) is 0 Å². The van der Waals surface area contributed by atoms with Crippen molar-refractivity contribution < 1.29 is 4.43 Å². The minimum Gasteiger partial charge on any atom is -0.556 e. The van der Waals surface area contributed by atoms with Crippen LogP contribution in [0.5, 0.6) is 0 Å². The summed E-state index contributed by atoms with van der Waals surface area (Å²) >= 11 is 0. The first-order valence-electron chi connectivity index (χ1n) is 4.24. The number of hydrogen-bond acceptors (Lipinski definition) is 1. The Balaban J connectivity index is 2.64. The molecule has 2 heteroatoms. The molecule has 11 heavy (non-hydrogen) atoms. The van der Waals surface area contributed by atoms with Gasteiger partial charge in [-0.05, 0) is 31.3 Å². The van der Waals surface area contributed by atoms with Gasteiger partial charge in [0.15, 0.2) is 0 Å². The van der Waals surface area contributed by atoms with Crippen molar-refractivity contribution in [2.24, 2.45) is 0 Å². The summed E-state index contributed by atoms with van der Waals surface area (Å²) in [5, 5.41) is 0.